The van der Waals surface area contributed by atoms with Crippen molar-refractivity contribution < 1.29 is 17.7 Å². The first-order valence-corrected chi connectivity index (χ1v) is 9.71. The molecule has 4 aromatic rings. The van der Waals surface area contributed by atoms with Gasteiger partial charge in [0.1, 0.15) is 16.6 Å². The number of nitrogens with zero attached hydrogens (tertiary/aromatic N) is 4. The van der Waals surface area contributed by atoms with Crippen LogP contribution in [0.25, 0.3) is 11.1 Å². The number of rotatable bonds is 5. The van der Waals surface area contributed by atoms with Gasteiger partial charge in [0, 0.05) is 23.0 Å². The molecule has 4 rings (SSSR count). The molecule has 0 unspecified atom stereocenters. The highest BCUT2D eigenvalue weighted by atomic mass is 35.5. The summed E-state index contributed by atoms with van der Waals surface area (Å²) in [5.41, 5.74) is 1.88. The van der Waals surface area contributed by atoms with Crippen LogP contribution in [0.2, 0.25) is 5.02 Å². The summed E-state index contributed by atoms with van der Waals surface area (Å²) in [6.45, 7) is 3.67. The van der Waals surface area contributed by atoms with Crippen LogP contribution >= 0.6 is 11.6 Å². The molecule has 1 aromatic carbocycles. The van der Waals surface area contributed by atoms with E-state index in [1.54, 1.807) is 12.3 Å². The van der Waals surface area contributed by atoms with E-state index >= 15 is 0 Å². The van der Waals surface area contributed by atoms with Crippen LogP contribution in [0.4, 0.5) is 36.4 Å². The van der Waals surface area contributed by atoms with Crippen LogP contribution < -0.4 is 10.6 Å². The Hall–Kier alpha value is -3.66. The molecule has 0 saturated heterocycles. The summed E-state index contributed by atoms with van der Waals surface area (Å²) in [5.74, 6) is 1.47. The van der Waals surface area contributed by atoms with Gasteiger partial charge in [-0.2, -0.15) is 18.2 Å². The van der Waals surface area contributed by atoms with E-state index in [0.29, 0.717) is 11.6 Å². The largest absolute Gasteiger partial charge is 0.416 e. The summed E-state index contributed by atoms with van der Waals surface area (Å²) < 4.78 is 44.0. The molecule has 11 heteroatoms. The van der Waals surface area contributed by atoms with Gasteiger partial charge in [0.2, 0.25) is 5.95 Å². The standard InChI is InChI=1S/C21H16ClF3N6O/c1-11-18(12(2)32-31-11)13-6-7-17(26-9-13)29-20-27-10-16(22)19(30-20)28-15-5-3-4-14(8-15)21(23,24)25/h3-10H,1-2H3,(H2,26,27,28,29,30). The van der Waals surface area contributed by atoms with E-state index < -0.39 is 11.7 Å². The molecule has 0 amide bonds. The van der Waals surface area contributed by atoms with Crippen molar-refractivity contribution in [3.8, 4) is 11.1 Å². The van der Waals surface area contributed by atoms with Gasteiger partial charge in [0.25, 0.3) is 0 Å². The molecule has 164 valence electrons. The van der Waals surface area contributed by atoms with Gasteiger partial charge in [-0.1, -0.05) is 22.8 Å². The molecule has 0 bridgehead atoms. The van der Waals surface area contributed by atoms with E-state index in [-0.39, 0.29) is 22.5 Å². The molecule has 2 N–H and O–H groups in total. The topological polar surface area (TPSA) is 88.8 Å². The summed E-state index contributed by atoms with van der Waals surface area (Å²) in [7, 11) is 0. The highest BCUT2D eigenvalue weighted by Gasteiger charge is 2.30. The van der Waals surface area contributed by atoms with Crippen molar-refractivity contribution in [2.45, 2.75) is 20.0 Å². The zero-order valence-electron chi connectivity index (χ0n) is 16.8. The molecule has 32 heavy (non-hydrogen) atoms. The minimum Gasteiger partial charge on any atom is -0.361 e. The van der Waals surface area contributed by atoms with Gasteiger partial charge in [-0.05, 0) is 44.2 Å². The fraction of sp³-hybridized carbons (Fsp3) is 0.143. The SMILES string of the molecule is Cc1noc(C)c1-c1ccc(Nc2ncc(Cl)c(Nc3cccc(C(F)(F)F)c3)n2)nc1. The maximum absolute atomic E-state index is 12.9. The Morgan fingerprint density at radius 3 is 2.47 bits per heavy atom. The lowest BCUT2D eigenvalue weighted by molar-refractivity contribution is -0.137. The third-order valence-electron chi connectivity index (χ3n) is 4.52. The Kier molecular flexibility index (Phi) is 5.70. The molecule has 0 radical (unpaired) electrons. The lowest BCUT2D eigenvalue weighted by atomic mass is 10.1. The van der Waals surface area contributed by atoms with Crippen LogP contribution in [0.5, 0.6) is 0 Å². The number of alkyl halides is 3. The highest BCUT2D eigenvalue weighted by molar-refractivity contribution is 6.32. The summed E-state index contributed by atoms with van der Waals surface area (Å²) in [5, 5.41) is 9.82. The molecule has 0 aliphatic heterocycles. The molecule has 7 nitrogen and oxygen atoms in total. The van der Waals surface area contributed by atoms with Gasteiger partial charge >= 0.3 is 6.18 Å². The van der Waals surface area contributed by atoms with E-state index in [1.165, 1.54) is 18.3 Å². The fourth-order valence-electron chi connectivity index (χ4n) is 3.05. The van der Waals surface area contributed by atoms with Crippen LogP contribution in [0.15, 0.2) is 53.3 Å². The van der Waals surface area contributed by atoms with Crippen LogP contribution in [-0.2, 0) is 6.18 Å². The molecule has 3 heterocycles. The van der Waals surface area contributed by atoms with Crippen LogP contribution in [0.3, 0.4) is 0 Å². The van der Waals surface area contributed by atoms with Crippen molar-refractivity contribution in [3.05, 3.63) is 70.8 Å². The van der Waals surface area contributed by atoms with E-state index in [0.717, 1.165) is 29.0 Å². The van der Waals surface area contributed by atoms with Crippen molar-refractivity contribution in [1.82, 2.24) is 20.1 Å². The van der Waals surface area contributed by atoms with Gasteiger partial charge in [-0.25, -0.2) is 9.97 Å². The Balaban J connectivity index is 1.53. The van der Waals surface area contributed by atoms with Crippen molar-refractivity contribution in [2.75, 3.05) is 10.6 Å². The maximum Gasteiger partial charge on any atom is 0.416 e. The number of benzene rings is 1. The number of aromatic nitrogens is 4. The number of nitrogens with one attached hydrogen (secondary N) is 2. The van der Waals surface area contributed by atoms with Gasteiger partial charge in [0.15, 0.2) is 5.82 Å². The normalized spacial score (nSPS) is 11.4. The second-order valence-corrected chi connectivity index (χ2v) is 7.26. The zero-order chi connectivity index (χ0) is 22.9. The molecule has 0 atom stereocenters. The Bertz CT molecular complexity index is 1240. The van der Waals surface area contributed by atoms with E-state index in [1.807, 2.05) is 19.9 Å². The molecule has 0 spiro atoms. The summed E-state index contributed by atoms with van der Waals surface area (Å²) in [4.78, 5) is 12.7. The lowest BCUT2D eigenvalue weighted by Crippen LogP contribution is -2.06. The average Bonchev–Trinajstić information content (AvgIpc) is 3.09. The van der Waals surface area contributed by atoms with E-state index in [2.05, 4.69) is 30.7 Å². The van der Waals surface area contributed by atoms with E-state index in [4.69, 9.17) is 16.1 Å². The number of anilines is 4. The Morgan fingerprint density at radius 2 is 1.81 bits per heavy atom. The maximum atomic E-state index is 12.9. The van der Waals surface area contributed by atoms with E-state index in [9.17, 15) is 13.2 Å². The van der Waals surface area contributed by atoms with Gasteiger partial charge in [0.05, 0.1) is 17.5 Å². The molecular formula is C21H16ClF3N6O. The number of aryl methyl sites for hydroxylation is 2. The second-order valence-electron chi connectivity index (χ2n) is 6.85. The molecule has 0 aliphatic rings. The molecule has 3 aromatic heterocycles. The minimum atomic E-state index is -4.46. The molecule has 0 fully saturated rings. The van der Waals surface area contributed by atoms with Gasteiger partial charge in [-0.3, -0.25) is 0 Å². The number of halogens is 4. The average molecular weight is 461 g/mol. The summed E-state index contributed by atoms with van der Waals surface area (Å²) >= 11 is 6.12. The summed E-state index contributed by atoms with van der Waals surface area (Å²) in [6, 6.07) is 8.32. The molecular weight excluding hydrogens is 445 g/mol. The first-order chi connectivity index (χ1) is 15.2. The van der Waals surface area contributed by atoms with Crippen LogP contribution in [0.1, 0.15) is 17.0 Å². The third kappa shape index (κ3) is 4.65. The van der Waals surface area contributed by atoms with Crippen molar-refractivity contribution in [3.63, 3.8) is 0 Å². The summed E-state index contributed by atoms with van der Waals surface area (Å²) in [6.07, 6.45) is -1.46. The number of hydrogen-bond donors (Lipinski definition) is 2. The van der Waals surface area contributed by atoms with Crippen molar-refractivity contribution in [2.24, 2.45) is 0 Å². The Morgan fingerprint density at radius 1 is 1.00 bits per heavy atom. The molecule has 0 saturated carbocycles. The predicted octanol–water partition coefficient (Wildman–Crippen LogP) is 6.30. The predicted molar refractivity (Wildman–Crippen MR) is 114 cm³/mol. The first-order valence-electron chi connectivity index (χ1n) is 9.34. The minimum absolute atomic E-state index is 0.148. The second kappa shape index (κ2) is 8.46. The van der Waals surface area contributed by atoms with Gasteiger partial charge < -0.3 is 15.2 Å². The highest BCUT2D eigenvalue weighted by Crippen LogP contribution is 2.32. The molecule has 0 aliphatic carbocycles. The number of hydrogen-bond acceptors (Lipinski definition) is 7. The third-order valence-corrected chi connectivity index (χ3v) is 4.80. The number of pyridine rings is 1. The van der Waals surface area contributed by atoms with Crippen LogP contribution in [0, 0.1) is 13.8 Å². The van der Waals surface area contributed by atoms with Crippen molar-refractivity contribution in [1.29, 1.82) is 0 Å². The van der Waals surface area contributed by atoms with Gasteiger partial charge in [-0.15, -0.1) is 0 Å². The van der Waals surface area contributed by atoms with Crippen LogP contribution in [-0.4, -0.2) is 20.1 Å². The van der Waals surface area contributed by atoms with Crippen molar-refractivity contribution >= 4 is 34.9 Å². The zero-order valence-corrected chi connectivity index (χ0v) is 17.6. The lowest BCUT2D eigenvalue weighted by Gasteiger charge is -2.12. The first kappa shape index (κ1) is 21.6. The quantitative estimate of drug-likeness (QED) is 0.361. The Labute approximate surface area is 185 Å². The fourth-order valence-corrected chi connectivity index (χ4v) is 3.19. The smallest absolute Gasteiger partial charge is 0.361 e. The monoisotopic (exact) mass is 460 g/mol.